The van der Waals surface area contributed by atoms with E-state index in [9.17, 15) is 9.59 Å². The maximum absolute atomic E-state index is 13.2. The number of methoxy groups -OCH3 is 1. The van der Waals surface area contributed by atoms with Gasteiger partial charge in [0.25, 0.3) is 11.5 Å². The number of rotatable bonds is 6. The van der Waals surface area contributed by atoms with Gasteiger partial charge in [0.2, 0.25) is 0 Å². The summed E-state index contributed by atoms with van der Waals surface area (Å²) in [4.78, 5) is 33.0. The molecule has 1 aromatic carbocycles. The summed E-state index contributed by atoms with van der Waals surface area (Å²) in [5, 5.41) is 4.31. The molecule has 1 saturated heterocycles. The summed E-state index contributed by atoms with van der Waals surface area (Å²) < 4.78 is 13.2. The minimum absolute atomic E-state index is 0.0832. The summed E-state index contributed by atoms with van der Waals surface area (Å²) in [7, 11) is 1.66. The van der Waals surface area contributed by atoms with Crippen molar-refractivity contribution in [3.8, 4) is 5.75 Å². The normalized spacial score (nSPS) is 21.5. The number of nitrogens with two attached hydrogens (primary N) is 1. The van der Waals surface area contributed by atoms with Crippen molar-refractivity contribution in [1.82, 2.24) is 19.8 Å². The SMILES string of the molecule is COC1CN(CCc2c(C)nc3n(c2=O)CCS3)CCC1NC(=O)c1cc(Cl)c(N)c2c1OCC2. The highest BCUT2D eigenvalue weighted by Gasteiger charge is 2.33. The summed E-state index contributed by atoms with van der Waals surface area (Å²) in [5.74, 6) is 1.19. The molecule has 3 N–H and O–H groups in total. The first-order valence-electron chi connectivity index (χ1n) is 11.9. The molecule has 1 aromatic heterocycles. The highest BCUT2D eigenvalue weighted by atomic mass is 35.5. The fourth-order valence-electron chi connectivity index (χ4n) is 5.14. The number of piperidine rings is 1. The number of carbonyl (C=O) groups is 1. The van der Waals surface area contributed by atoms with Crippen LogP contribution in [-0.2, 0) is 24.1 Å². The third kappa shape index (κ3) is 4.64. The molecular weight excluding hydrogens is 490 g/mol. The van der Waals surface area contributed by atoms with Crippen molar-refractivity contribution in [3.05, 3.63) is 43.8 Å². The Hall–Kier alpha value is -2.27. The number of fused-ring (bicyclic) bond motifs is 2. The number of anilines is 1. The van der Waals surface area contributed by atoms with Crippen molar-refractivity contribution in [2.45, 2.75) is 50.0 Å². The summed E-state index contributed by atoms with van der Waals surface area (Å²) in [6.45, 7) is 5.31. The highest BCUT2D eigenvalue weighted by molar-refractivity contribution is 7.99. The van der Waals surface area contributed by atoms with Gasteiger partial charge in [-0.25, -0.2) is 4.98 Å². The van der Waals surface area contributed by atoms with Crippen LogP contribution in [0.5, 0.6) is 5.75 Å². The molecule has 188 valence electrons. The smallest absolute Gasteiger partial charge is 0.257 e. The number of halogens is 1. The van der Waals surface area contributed by atoms with Crippen LogP contribution in [0.2, 0.25) is 5.02 Å². The van der Waals surface area contributed by atoms with E-state index in [1.165, 1.54) is 0 Å². The number of hydrogen-bond acceptors (Lipinski definition) is 8. The van der Waals surface area contributed by atoms with Crippen molar-refractivity contribution >= 4 is 35.0 Å². The largest absolute Gasteiger partial charge is 0.492 e. The number of amides is 1. The molecule has 3 aliphatic heterocycles. The van der Waals surface area contributed by atoms with E-state index in [1.807, 2.05) is 6.92 Å². The second-order valence-electron chi connectivity index (χ2n) is 9.18. The van der Waals surface area contributed by atoms with Crippen molar-refractivity contribution in [2.24, 2.45) is 0 Å². The lowest BCUT2D eigenvalue weighted by Gasteiger charge is -2.38. The first-order chi connectivity index (χ1) is 16.9. The molecule has 0 radical (unpaired) electrons. The number of likely N-dealkylation sites (tertiary alicyclic amines) is 1. The predicted molar refractivity (Wildman–Crippen MR) is 136 cm³/mol. The molecule has 5 rings (SSSR count). The van der Waals surface area contributed by atoms with Crippen LogP contribution in [0.15, 0.2) is 16.0 Å². The molecule has 4 heterocycles. The molecule has 11 heteroatoms. The van der Waals surface area contributed by atoms with Gasteiger partial charge in [-0.2, -0.15) is 0 Å². The lowest BCUT2D eigenvalue weighted by molar-refractivity contribution is 0.00671. The molecule has 0 saturated carbocycles. The first kappa shape index (κ1) is 24.4. The Morgan fingerprint density at radius 3 is 3.06 bits per heavy atom. The number of hydrogen-bond donors (Lipinski definition) is 2. The molecule has 1 amide bonds. The van der Waals surface area contributed by atoms with E-state index < -0.39 is 0 Å². The summed E-state index contributed by atoms with van der Waals surface area (Å²) >= 11 is 7.91. The van der Waals surface area contributed by atoms with E-state index in [4.69, 9.17) is 26.8 Å². The van der Waals surface area contributed by atoms with E-state index in [0.717, 1.165) is 53.8 Å². The molecule has 2 unspecified atom stereocenters. The minimum Gasteiger partial charge on any atom is -0.492 e. The highest BCUT2D eigenvalue weighted by Crippen LogP contribution is 2.38. The molecule has 2 atom stereocenters. The van der Waals surface area contributed by atoms with Gasteiger partial charge >= 0.3 is 0 Å². The van der Waals surface area contributed by atoms with Gasteiger partial charge in [0.05, 0.1) is 35.0 Å². The van der Waals surface area contributed by atoms with E-state index in [-0.39, 0.29) is 23.6 Å². The topological polar surface area (TPSA) is 112 Å². The van der Waals surface area contributed by atoms with Crippen LogP contribution >= 0.6 is 23.4 Å². The van der Waals surface area contributed by atoms with Gasteiger partial charge < -0.3 is 25.4 Å². The van der Waals surface area contributed by atoms with Crippen LogP contribution in [0.3, 0.4) is 0 Å². The number of nitrogens with one attached hydrogen (secondary N) is 1. The van der Waals surface area contributed by atoms with E-state index >= 15 is 0 Å². The molecule has 35 heavy (non-hydrogen) atoms. The van der Waals surface area contributed by atoms with Gasteiger partial charge in [0, 0.05) is 62.3 Å². The zero-order valence-electron chi connectivity index (χ0n) is 19.9. The number of ether oxygens (including phenoxy) is 2. The van der Waals surface area contributed by atoms with Crippen molar-refractivity contribution in [2.75, 3.05) is 44.8 Å². The third-order valence-electron chi connectivity index (χ3n) is 7.14. The van der Waals surface area contributed by atoms with Crippen LogP contribution in [0.4, 0.5) is 5.69 Å². The zero-order chi connectivity index (χ0) is 24.7. The third-order valence-corrected chi connectivity index (χ3v) is 8.41. The maximum atomic E-state index is 13.2. The Labute approximate surface area is 213 Å². The minimum atomic E-state index is -0.240. The molecule has 0 bridgehead atoms. The fourth-order valence-corrected chi connectivity index (χ4v) is 6.35. The van der Waals surface area contributed by atoms with Gasteiger partial charge in [-0.3, -0.25) is 14.2 Å². The van der Waals surface area contributed by atoms with E-state index in [1.54, 1.807) is 29.5 Å². The van der Waals surface area contributed by atoms with Crippen LogP contribution in [0.1, 0.15) is 33.6 Å². The molecule has 2 aromatic rings. The van der Waals surface area contributed by atoms with Crippen molar-refractivity contribution < 1.29 is 14.3 Å². The Bertz CT molecular complexity index is 1220. The Kier molecular flexibility index (Phi) is 6.98. The van der Waals surface area contributed by atoms with Crippen LogP contribution in [0, 0.1) is 6.92 Å². The fraction of sp³-hybridized carbons (Fsp3) is 0.542. The lowest BCUT2D eigenvalue weighted by atomic mass is 9.99. The number of nitrogens with zero attached hydrogens (tertiary/aromatic N) is 3. The van der Waals surface area contributed by atoms with Crippen molar-refractivity contribution in [3.63, 3.8) is 0 Å². The van der Waals surface area contributed by atoms with Crippen LogP contribution in [-0.4, -0.2) is 71.6 Å². The van der Waals surface area contributed by atoms with Gasteiger partial charge in [-0.05, 0) is 25.8 Å². The predicted octanol–water partition coefficient (Wildman–Crippen LogP) is 1.89. The van der Waals surface area contributed by atoms with Crippen LogP contribution in [0.25, 0.3) is 0 Å². The summed E-state index contributed by atoms with van der Waals surface area (Å²) in [6, 6.07) is 1.43. The average Bonchev–Trinajstić information content (AvgIpc) is 3.52. The monoisotopic (exact) mass is 519 g/mol. The van der Waals surface area contributed by atoms with E-state index in [2.05, 4.69) is 15.2 Å². The quantitative estimate of drug-likeness (QED) is 0.439. The van der Waals surface area contributed by atoms with Gasteiger partial charge in [0.15, 0.2) is 5.16 Å². The average molecular weight is 520 g/mol. The van der Waals surface area contributed by atoms with Crippen molar-refractivity contribution in [1.29, 1.82) is 0 Å². The van der Waals surface area contributed by atoms with Gasteiger partial charge in [-0.15, -0.1) is 0 Å². The molecule has 1 fully saturated rings. The number of benzene rings is 1. The summed E-state index contributed by atoms with van der Waals surface area (Å²) in [6.07, 6.45) is 1.84. The first-order valence-corrected chi connectivity index (χ1v) is 13.3. The van der Waals surface area contributed by atoms with Gasteiger partial charge in [-0.1, -0.05) is 23.4 Å². The van der Waals surface area contributed by atoms with E-state index in [0.29, 0.717) is 48.0 Å². The van der Waals surface area contributed by atoms with Gasteiger partial charge in [0.1, 0.15) is 5.75 Å². The Morgan fingerprint density at radius 2 is 2.26 bits per heavy atom. The second kappa shape index (κ2) is 10.0. The molecular formula is C24H30ClN5O4S. The second-order valence-corrected chi connectivity index (χ2v) is 10.7. The number of thioether (sulfide) groups is 1. The number of nitrogen functional groups attached to an aromatic ring is 1. The number of carbonyl (C=O) groups excluding carboxylic acids is 1. The Balaban J connectivity index is 1.23. The number of aryl methyl sites for hydroxylation is 1. The molecule has 3 aliphatic rings. The number of aromatic nitrogens is 2. The Morgan fingerprint density at radius 1 is 1.43 bits per heavy atom. The molecule has 9 nitrogen and oxygen atoms in total. The summed E-state index contributed by atoms with van der Waals surface area (Å²) in [5.41, 5.74) is 9.44. The molecule has 0 spiro atoms. The standard InChI is InChI=1S/C24H30ClN5O4S/c1-13-14(23(32)30-8-10-35-24(30)27-13)3-6-29-7-4-18(19(12-29)33-2)28-22(31)16-11-17(25)20(26)15-5-9-34-21(15)16/h11,18-19H,3-10,12,26H2,1-2H3,(H,28,31). The van der Waals surface area contributed by atoms with Crippen LogP contribution < -0.4 is 21.3 Å². The zero-order valence-corrected chi connectivity index (χ0v) is 21.5. The maximum Gasteiger partial charge on any atom is 0.257 e. The lowest BCUT2D eigenvalue weighted by Crippen LogP contribution is -2.55. The molecule has 0 aliphatic carbocycles.